The van der Waals surface area contributed by atoms with E-state index in [1.807, 2.05) is 6.92 Å². The lowest BCUT2D eigenvalue weighted by Crippen LogP contribution is -2.45. The molecule has 0 amide bonds. The Morgan fingerprint density at radius 2 is 2.00 bits per heavy atom. The molecular weight excluding hydrogens is 300 g/mol. The number of methoxy groups -OCH3 is 1. The summed E-state index contributed by atoms with van der Waals surface area (Å²) in [6, 6.07) is 0. The van der Waals surface area contributed by atoms with Crippen molar-refractivity contribution in [1.29, 1.82) is 0 Å². The first-order valence-corrected chi connectivity index (χ1v) is 10.9. The first kappa shape index (κ1) is 17.9. The summed E-state index contributed by atoms with van der Waals surface area (Å²) in [6.45, 7) is 13.4. The van der Waals surface area contributed by atoms with Gasteiger partial charge in [-0.15, -0.1) is 0 Å². The molecule has 1 saturated heterocycles. The normalized spacial score (nSPS) is 35.6. The topological polar surface area (TPSA) is 54.0 Å². The summed E-state index contributed by atoms with van der Waals surface area (Å²) in [7, 11) is -0.302. The van der Waals surface area contributed by atoms with Gasteiger partial charge in [0.1, 0.15) is 18.5 Å². The van der Waals surface area contributed by atoms with Crippen molar-refractivity contribution in [2.45, 2.75) is 76.5 Å². The third kappa shape index (κ3) is 3.25. The van der Waals surface area contributed by atoms with Crippen LogP contribution in [0.3, 0.4) is 0 Å². The molecule has 128 valence electrons. The van der Waals surface area contributed by atoms with E-state index in [9.17, 15) is 4.79 Å². The summed E-state index contributed by atoms with van der Waals surface area (Å²) in [5.41, 5.74) is -0.528. The first-order valence-electron chi connectivity index (χ1n) is 8.00. The third-order valence-electron chi connectivity index (χ3n) is 5.49. The highest BCUT2D eigenvalue weighted by Crippen LogP contribution is 2.49. The van der Waals surface area contributed by atoms with Gasteiger partial charge in [0.25, 0.3) is 0 Å². The van der Waals surface area contributed by atoms with Crippen LogP contribution in [-0.2, 0) is 23.4 Å². The van der Waals surface area contributed by atoms with Crippen LogP contribution in [0.25, 0.3) is 0 Å². The van der Waals surface area contributed by atoms with Gasteiger partial charge in [0, 0.05) is 19.4 Å². The Morgan fingerprint density at radius 1 is 1.36 bits per heavy atom. The minimum atomic E-state index is -1.90. The molecule has 0 bridgehead atoms. The number of carbonyl (C=O) groups is 1. The summed E-state index contributed by atoms with van der Waals surface area (Å²) in [4.78, 5) is 11.8. The molecule has 0 aromatic rings. The molecular formula is C16H30O5Si. The zero-order chi connectivity index (χ0) is 16.8. The molecule has 1 aliphatic heterocycles. The fourth-order valence-electron chi connectivity index (χ4n) is 3.17. The van der Waals surface area contributed by atoms with Crippen molar-refractivity contribution in [2.24, 2.45) is 5.92 Å². The zero-order valence-corrected chi connectivity index (χ0v) is 15.9. The predicted molar refractivity (Wildman–Crippen MR) is 86.0 cm³/mol. The van der Waals surface area contributed by atoms with Gasteiger partial charge in [-0.1, -0.05) is 20.8 Å². The molecule has 22 heavy (non-hydrogen) atoms. The Balaban J connectivity index is 2.17. The first-order chi connectivity index (χ1) is 10.00. The van der Waals surface area contributed by atoms with Crippen molar-refractivity contribution < 1.29 is 23.4 Å². The predicted octanol–water partition coefficient (Wildman–Crippen LogP) is 3.09. The number of ether oxygens (including phenoxy) is 3. The van der Waals surface area contributed by atoms with E-state index in [1.54, 1.807) is 7.11 Å². The van der Waals surface area contributed by atoms with Gasteiger partial charge < -0.3 is 18.6 Å². The largest absolute Gasteiger partial charge is 0.459 e. The molecule has 5 nitrogen and oxygen atoms in total. The average Bonchev–Trinajstić information content (AvgIpc) is 2.85. The quantitative estimate of drug-likeness (QED) is 0.440. The monoisotopic (exact) mass is 330 g/mol. The molecule has 2 fully saturated rings. The van der Waals surface area contributed by atoms with Crippen LogP contribution in [0.2, 0.25) is 18.1 Å². The van der Waals surface area contributed by atoms with E-state index in [-0.39, 0.29) is 35.9 Å². The second kappa shape index (κ2) is 5.89. The van der Waals surface area contributed by atoms with Crippen LogP contribution in [0.5, 0.6) is 0 Å². The maximum atomic E-state index is 11.8. The molecule has 0 unspecified atom stereocenters. The number of rotatable bonds is 5. The number of esters is 1. The molecule has 1 saturated carbocycles. The van der Waals surface area contributed by atoms with E-state index in [2.05, 4.69) is 33.9 Å². The standard InChI is InChI=1S/C16H30O5Si/c1-15(2,3)22(6,7)21-12-9-16(4,19-10-18-5)14-11(12)8-13(17)20-14/h11-12,14H,8-10H2,1-7H3/t11-,12-,14-,16-/m1/s1. The van der Waals surface area contributed by atoms with E-state index in [0.717, 1.165) is 6.42 Å². The minimum Gasteiger partial charge on any atom is -0.459 e. The van der Waals surface area contributed by atoms with Gasteiger partial charge in [0.15, 0.2) is 8.32 Å². The SMILES string of the molecule is COCO[C@]1(C)C[C@@H](O[Si](C)(C)C(C)(C)C)[C@H]2CC(=O)O[C@H]21. The highest BCUT2D eigenvalue weighted by Gasteiger charge is 2.60. The Bertz CT molecular complexity index is 431. The summed E-state index contributed by atoms with van der Waals surface area (Å²) in [6.07, 6.45) is 0.950. The summed E-state index contributed by atoms with van der Waals surface area (Å²) in [5, 5.41) is 0.137. The molecule has 1 aliphatic carbocycles. The van der Waals surface area contributed by atoms with E-state index in [0.29, 0.717) is 6.42 Å². The van der Waals surface area contributed by atoms with E-state index in [4.69, 9.17) is 18.6 Å². The molecule has 2 rings (SSSR count). The van der Waals surface area contributed by atoms with Crippen LogP contribution in [0.15, 0.2) is 0 Å². The lowest BCUT2D eigenvalue weighted by Gasteiger charge is -2.39. The van der Waals surface area contributed by atoms with E-state index >= 15 is 0 Å². The lowest BCUT2D eigenvalue weighted by molar-refractivity contribution is -0.176. The molecule has 0 aromatic heterocycles. The summed E-state index contributed by atoms with van der Waals surface area (Å²) >= 11 is 0. The van der Waals surface area contributed by atoms with Crippen molar-refractivity contribution >= 4 is 14.3 Å². The van der Waals surface area contributed by atoms with Gasteiger partial charge in [0.05, 0.1) is 12.5 Å². The van der Waals surface area contributed by atoms with Crippen LogP contribution < -0.4 is 0 Å². The van der Waals surface area contributed by atoms with Gasteiger partial charge in [-0.05, 0) is 25.1 Å². The molecule has 0 N–H and O–H groups in total. The zero-order valence-electron chi connectivity index (χ0n) is 14.9. The second-order valence-electron chi connectivity index (χ2n) is 8.26. The fourth-order valence-corrected chi connectivity index (χ4v) is 4.53. The fraction of sp³-hybridized carbons (Fsp3) is 0.938. The Kier molecular flexibility index (Phi) is 4.80. The van der Waals surface area contributed by atoms with E-state index in [1.165, 1.54) is 0 Å². The van der Waals surface area contributed by atoms with Crippen LogP contribution in [0.4, 0.5) is 0 Å². The van der Waals surface area contributed by atoms with Crippen LogP contribution in [0.1, 0.15) is 40.5 Å². The van der Waals surface area contributed by atoms with Crippen LogP contribution in [0, 0.1) is 5.92 Å². The Labute approximate surface area is 134 Å². The molecule has 6 heteroatoms. The molecule has 2 aliphatic rings. The van der Waals surface area contributed by atoms with Crippen molar-refractivity contribution in [2.75, 3.05) is 13.9 Å². The number of hydrogen-bond acceptors (Lipinski definition) is 5. The van der Waals surface area contributed by atoms with Gasteiger partial charge in [-0.2, -0.15) is 0 Å². The molecule has 0 spiro atoms. The average molecular weight is 330 g/mol. The molecule has 1 heterocycles. The summed E-state index contributed by atoms with van der Waals surface area (Å²) in [5.74, 6) is -0.0609. The highest BCUT2D eigenvalue weighted by molar-refractivity contribution is 6.74. The Hall–Kier alpha value is -0.433. The highest BCUT2D eigenvalue weighted by atomic mass is 28.4. The number of fused-ring (bicyclic) bond motifs is 1. The molecule has 0 radical (unpaired) electrons. The maximum Gasteiger partial charge on any atom is 0.306 e. The smallest absolute Gasteiger partial charge is 0.306 e. The molecule has 4 atom stereocenters. The Morgan fingerprint density at radius 3 is 2.55 bits per heavy atom. The van der Waals surface area contributed by atoms with Crippen LogP contribution in [-0.4, -0.2) is 46.0 Å². The van der Waals surface area contributed by atoms with Crippen molar-refractivity contribution in [3.63, 3.8) is 0 Å². The van der Waals surface area contributed by atoms with Gasteiger partial charge in [0.2, 0.25) is 0 Å². The molecule has 0 aromatic carbocycles. The number of hydrogen-bond donors (Lipinski definition) is 0. The lowest BCUT2D eigenvalue weighted by atomic mass is 9.98. The summed E-state index contributed by atoms with van der Waals surface area (Å²) < 4.78 is 23.0. The number of carbonyl (C=O) groups excluding carboxylic acids is 1. The minimum absolute atomic E-state index is 0.0131. The van der Waals surface area contributed by atoms with Gasteiger partial charge >= 0.3 is 5.97 Å². The maximum absolute atomic E-state index is 11.8. The van der Waals surface area contributed by atoms with Gasteiger partial charge in [-0.25, -0.2) is 0 Å². The van der Waals surface area contributed by atoms with E-state index < -0.39 is 13.9 Å². The van der Waals surface area contributed by atoms with Crippen molar-refractivity contribution in [3.8, 4) is 0 Å². The van der Waals surface area contributed by atoms with Crippen LogP contribution >= 0.6 is 0 Å². The van der Waals surface area contributed by atoms with Gasteiger partial charge in [-0.3, -0.25) is 4.79 Å². The second-order valence-corrected chi connectivity index (χ2v) is 13.0. The van der Waals surface area contributed by atoms with Crippen molar-refractivity contribution in [1.82, 2.24) is 0 Å². The van der Waals surface area contributed by atoms with Crippen molar-refractivity contribution in [3.05, 3.63) is 0 Å². The third-order valence-corrected chi connectivity index (χ3v) is 10.00.